The van der Waals surface area contributed by atoms with Gasteiger partial charge in [0.25, 0.3) is 0 Å². The fraction of sp³-hybridized carbons (Fsp3) is 0.535. The highest BCUT2D eigenvalue weighted by Crippen LogP contribution is 2.72. The summed E-state index contributed by atoms with van der Waals surface area (Å²) in [5.74, 6) is 0.449. The van der Waals surface area contributed by atoms with E-state index in [9.17, 15) is 9.90 Å². The number of hydrogen-bond donors (Lipinski definition) is 3. The molecule has 4 aliphatic rings. The maximum absolute atomic E-state index is 13.0. The number of thiazole rings is 1. The summed E-state index contributed by atoms with van der Waals surface area (Å²) >= 11 is 1.54. The molecule has 4 fully saturated rings. The van der Waals surface area contributed by atoms with Crippen molar-refractivity contribution in [3.05, 3.63) is 76.1 Å². The molecule has 2 unspecified atom stereocenters. The van der Waals surface area contributed by atoms with Gasteiger partial charge in [-0.05, 0) is 130 Å². The highest BCUT2D eigenvalue weighted by Gasteiger charge is 2.66. The van der Waals surface area contributed by atoms with Crippen LogP contribution in [0.15, 0.2) is 53.8 Å². The van der Waals surface area contributed by atoms with Gasteiger partial charge < -0.3 is 25.4 Å². The van der Waals surface area contributed by atoms with Crippen molar-refractivity contribution in [2.45, 2.75) is 97.6 Å². The maximum atomic E-state index is 13.0. The number of fused-ring (bicyclic) bond motifs is 1. The van der Waals surface area contributed by atoms with Gasteiger partial charge in [-0.15, -0.1) is 10.2 Å². The van der Waals surface area contributed by atoms with E-state index in [0.717, 1.165) is 96.6 Å². The van der Waals surface area contributed by atoms with Crippen molar-refractivity contribution in [3.63, 3.8) is 0 Å². The van der Waals surface area contributed by atoms with Crippen LogP contribution in [0.25, 0.3) is 31.8 Å². The van der Waals surface area contributed by atoms with Crippen LogP contribution in [-0.2, 0) is 11.3 Å². The number of rotatable bonds is 18. The van der Waals surface area contributed by atoms with Gasteiger partial charge in [0.1, 0.15) is 5.82 Å². The van der Waals surface area contributed by atoms with Gasteiger partial charge in [0.2, 0.25) is 0 Å². The monoisotopic (exact) mass is 818 g/mol. The molecule has 1 aromatic carbocycles. The Kier molecular flexibility index (Phi) is 11.1. The first-order valence-corrected chi connectivity index (χ1v) is 21.5. The lowest BCUT2D eigenvalue weighted by Gasteiger charge is -2.69. The largest absolute Gasteiger partial charge is 0.476 e. The summed E-state index contributed by atoms with van der Waals surface area (Å²) < 4.78 is 9.95. The number of carboxylic acids is 1. The quantitative estimate of drug-likeness (QED) is 0.0330. The van der Waals surface area contributed by atoms with Crippen molar-refractivity contribution in [1.82, 2.24) is 35.3 Å². The predicted molar refractivity (Wildman–Crippen MR) is 231 cm³/mol. The molecule has 59 heavy (non-hydrogen) atoms. The molecule has 0 saturated heterocycles. The molecule has 9 rings (SSSR count). The Morgan fingerprint density at radius 2 is 1.80 bits per heavy atom. The lowest BCUT2D eigenvalue weighted by molar-refractivity contribution is -0.247. The minimum atomic E-state index is -1.12. The van der Waals surface area contributed by atoms with E-state index < -0.39 is 5.97 Å². The molecule has 4 aliphatic carbocycles. The fourth-order valence-corrected chi connectivity index (χ4v) is 12.3. The second-order valence-electron chi connectivity index (χ2n) is 18.0. The number of aromatic nitrogens is 6. The topological polar surface area (TPSA) is 192 Å². The number of azide groups is 1. The maximum Gasteiger partial charge on any atom is 0.355 e. The number of hydrogen-bond acceptors (Lipinski definition) is 12. The highest BCUT2D eigenvalue weighted by atomic mass is 32.1. The van der Waals surface area contributed by atoms with E-state index >= 15 is 0 Å². The van der Waals surface area contributed by atoms with Crippen molar-refractivity contribution in [2.24, 2.45) is 21.4 Å². The van der Waals surface area contributed by atoms with Crippen LogP contribution in [0.3, 0.4) is 0 Å². The average molecular weight is 819 g/mol. The van der Waals surface area contributed by atoms with Gasteiger partial charge in [-0.3, -0.25) is 4.68 Å². The lowest BCUT2D eigenvalue weighted by Crippen LogP contribution is -2.64. The molecule has 4 atom stereocenters. The molecule has 4 bridgehead atoms. The van der Waals surface area contributed by atoms with E-state index in [1.54, 1.807) is 17.5 Å². The van der Waals surface area contributed by atoms with Gasteiger partial charge in [0, 0.05) is 47.9 Å². The molecule has 4 heterocycles. The number of ether oxygens (including phenoxy) is 1. The average Bonchev–Trinajstić information content (AvgIpc) is 3.75. The van der Waals surface area contributed by atoms with Crippen molar-refractivity contribution < 1.29 is 14.6 Å². The molecule has 0 aliphatic heterocycles. The summed E-state index contributed by atoms with van der Waals surface area (Å²) in [5, 5.41) is 35.7. The Morgan fingerprint density at radius 1 is 1.00 bits per heavy atom. The number of benzene rings is 1. The van der Waals surface area contributed by atoms with Crippen LogP contribution in [0.5, 0.6) is 0 Å². The van der Waals surface area contributed by atoms with Crippen LogP contribution in [0.4, 0.5) is 22.6 Å². The third-order valence-electron chi connectivity index (χ3n) is 12.6. The molecule has 0 spiro atoms. The van der Waals surface area contributed by atoms with Crippen molar-refractivity contribution in [1.29, 1.82) is 0 Å². The number of carboxylic acid groups (broad SMARTS) is 1. The minimum absolute atomic E-state index is 0.0454. The smallest absolute Gasteiger partial charge is 0.355 e. The van der Waals surface area contributed by atoms with Crippen LogP contribution in [0.2, 0.25) is 0 Å². The van der Waals surface area contributed by atoms with Gasteiger partial charge in [-0.1, -0.05) is 48.9 Å². The summed E-state index contributed by atoms with van der Waals surface area (Å²) in [5.41, 5.74) is 13.0. The van der Waals surface area contributed by atoms with E-state index in [0.29, 0.717) is 42.7 Å². The lowest BCUT2D eigenvalue weighted by atomic mass is 9.39. The molecule has 5 aromatic rings. The van der Waals surface area contributed by atoms with Gasteiger partial charge in [0.15, 0.2) is 22.5 Å². The Bertz CT molecular complexity index is 2350. The number of pyridine rings is 1. The Morgan fingerprint density at radius 3 is 2.53 bits per heavy atom. The molecule has 15 nitrogen and oxygen atoms in total. The third kappa shape index (κ3) is 8.36. The second-order valence-corrected chi connectivity index (χ2v) is 19.0. The SMILES string of the molecule is CNCCOC12CC3(Cn4ncc(-c5ccc(N(CCCCCN=[N+]=[N-])c6cc(C)c(Nc7nc8ccccc8s7)nn6)nc5C(=O)O)c4C)C[C@@](C)(C1)C[C@](C)(C3)C2. The zero-order valence-electron chi connectivity index (χ0n) is 34.7. The molecule has 16 heteroatoms. The Labute approximate surface area is 348 Å². The first kappa shape index (κ1) is 40.6. The standard InChI is InChI=1S/C43H54N12O3S/c1-28-19-35(51-52-37(28)50-39-48-32-11-7-8-12-33(32)59-39)54(17-10-6-9-15-46-53-44)34-14-13-30(36(49-34)38(56)57)31-20-47-55(29(31)2)27-42-22-40(3)21-41(4,23-42)25-43(24-40,26-42)58-18-16-45-5/h7-8,11-14,19-20,45H,6,9-10,15-18,21-27H2,1-5H3,(H,56,57)(H,48,50,52)/t40-,41+,42?,43?. The van der Waals surface area contributed by atoms with Crippen LogP contribution >= 0.6 is 11.3 Å². The third-order valence-corrected chi connectivity index (χ3v) is 13.6. The van der Waals surface area contributed by atoms with Gasteiger partial charge in [-0.25, -0.2) is 14.8 Å². The zero-order chi connectivity index (χ0) is 41.4. The molecule has 310 valence electrons. The van der Waals surface area contributed by atoms with E-state index in [1.165, 1.54) is 6.42 Å². The van der Waals surface area contributed by atoms with E-state index in [2.05, 4.69) is 54.4 Å². The number of likely N-dealkylation sites (N-methyl/N-ethyl adjacent to an activating group) is 1. The Balaban J connectivity index is 1.07. The highest BCUT2D eigenvalue weighted by molar-refractivity contribution is 7.22. The number of aromatic carboxylic acids is 1. The van der Waals surface area contributed by atoms with Gasteiger partial charge >= 0.3 is 5.97 Å². The first-order chi connectivity index (χ1) is 28.3. The Hall–Kier alpha value is -5.15. The van der Waals surface area contributed by atoms with Crippen LogP contribution in [0, 0.1) is 30.1 Å². The molecular formula is C43H54N12O3S. The second kappa shape index (κ2) is 16.1. The summed E-state index contributed by atoms with van der Waals surface area (Å²) in [4.78, 5) is 27.3. The number of nitrogens with zero attached hydrogens (tertiary/aromatic N) is 10. The predicted octanol–water partition coefficient (Wildman–Crippen LogP) is 9.38. The van der Waals surface area contributed by atoms with E-state index in [-0.39, 0.29) is 27.5 Å². The number of anilines is 4. The van der Waals surface area contributed by atoms with Gasteiger partial charge in [-0.2, -0.15) is 5.10 Å². The molecule has 3 N–H and O–H groups in total. The zero-order valence-corrected chi connectivity index (χ0v) is 35.5. The van der Waals surface area contributed by atoms with Crippen LogP contribution < -0.4 is 15.5 Å². The van der Waals surface area contributed by atoms with Crippen LogP contribution in [-0.4, -0.2) is 79.9 Å². The van der Waals surface area contributed by atoms with Crippen molar-refractivity contribution >= 4 is 50.1 Å². The molecule has 0 amide bonds. The van der Waals surface area contributed by atoms with Crippen LogP contribution in [0.1, 0.15) is 93.4 Å². The van der Waals surface area contributed by atoms with Crippen molar-refractivity contribution in [3.8, 4) is 11.1 Å². The summed E-state index contributed by atoms with van der Waals surface area (Å²) in [6.07, 6.45) is 10.8. The number of aryl methyl sites for hydroxylation is 1. The normalized spacial score (nSPS) is 24.4. The number of carbonyl (C=O) groups is 1. The van der Waals surface area contributed by atoms with E-state index in [1.807, 2.05) is 68.3 Å². The minimum Gasteiger partial charge on any atom is -0.476 e. The summed E-state index contributed by atoms with van der Waals surface area (Å²) in [6.45, 7) is 12.1. The fourth-order valence-electron chi connectivity index (χ4n) is 11.5. The molecule has 0 radical (unpaired) electrons. The summed E-state index contributed by atoms with van der Waals surface area (Å²) in [6, 6.07) is 13.6. The van der Waals surface area contributed by atoms with Gasteiger partial charge in [0.05, 0.1) is 28.6 Å². The first-order valence-electron chi connectivity index (χ1n) is 20.7. The number of unbranched alkanes of at least 4 members (excludes halogenated alkanes) is 2. The molecular weight excluding hydrogens is 765 g/mol. The van der Waals surface area contributed by atoms with Crippen molar-refractivity contribution in [2.75, 3.05) is 43.5 Å². The molecule has 4 saturated carbocycles. The molecule has 4 aromatic heterocycles. The number of nitrogens with one attached hydrogen (secondary N) is 2. The summed E-state index contributed by atoms with van der Waals surface area (Å²) in [7, 11) is 1.97. The number of para-hydroxylation sites is 1. The van der Waals surface area contributed by atoms with E-state index in [4.69, 9.17) is 20.4 Å².